The highest BCUT2D eigenvalue weighted by Gasteiger charge is 2.19. The van der Waals surface area contributed by atoms with Gasteiger partial charge in [0.15, 0.2) is 5.75 Å². The summed E-state index contributed by atoms with van der Waals surface area (Å²) >= 11 is 0. The molecule has 0 aliphatic carbocycles. The number of nitrogens with zero attached hydrogens (tertiary/aromatic N) is 3. The molecule has 2 aromatic heterocycles. The van der Waals surface area contributed by atoms with Crippen molar-refractivity contribution < 1.29 is 9.66 Å². The van der Waals surface area contributed by atoms with Crippen molar-refractivity contribution >= 4 is 11.5 Å². The topological polar surface area (TPSA) is 90.2 Å². The van der Waals surface area contributed by atoms with Crippen molar-refractivity contribution in [1.29, 1.82) is 0 Å². The predicted molar refractivity (Wildman–Crippen MR) is 69.5 cm³/mol. The molecule has 2 heterocycles. The molecule has 0 aromatic carbocycles. The Labute approximate surface area is 109 Å². The monoisotopic (exact) mass is 260 g/mol. The number of nitro groups is 1. The number of pyridine rings is 2. The fourth-order valence-electron chi connectivity index (χ4n) is 1.47. The van der Waals surface area contributed by atoms with Crippen LogP contribution in [-0.4, -0.2) is 21.9 Å². The number of hydrogen-bond donors (Lipinski definition) is 1. The molecule has 2 rings (SSSR count). The van der Waals surface area contributed by atoms with Crippen LogP contribution in [0.2, 0.25) is 0 Å². The highest BCUT2D eigenvalue weighted by Crippen LogP contribution is 2.31. The van der Waals surface area contributed by atoms with E-state index in [-0.39, 0.29) is 11.6 Å². The average molecular weight is 260 g/mol. The maximum atomic E-state index is 10.9. The van der Waals surface area contributed by atoms with Gasteiger partial charge in [0.2, 0.25) is 0 Å². The first-order valence-electron chi connectivity index (χ1n) is 5.54. The van der Waals surface area contributed by atoms with E-state index in [0.29, 0.717) is 17.3 Å². The Bertz CT molecular complexity index is 616. The minimum atomic E-state index is -0.534. The molecule has 2 aromatic rings. The van der Waals surface area contributed by atoms with Gasteiger partial charge in [-0.25, -0.2) is 0 Å². The Morgan fingerprint density at radius 2 is 2.16 bits per heavy atom. The van der Waals surface area contributed by atoms with E-state index in [1.165, 1.54) is 12.1 Å². The molecule has 1 N–H and O–H groups in total. The molecule has 0 unspecified atom stereocenters. The molecule has 0 amide bonds. The van der Waals surface area contributed by atoms with Crippen molar-refractivity contribution in [2.75, 3.05) is 12.4 Å². The van der Waals surface area contributed by atoms with Gasteiger partial charge >= 0.3 is 11.6 Å². The molecule has 98 valence electrons. The standard InChI is InChI=1S/C12H12N4O3/c1-8-10(4-3-7-14-8)19-12-9(16(17)18)5-6-11(13-2)15-12/h3-7H,1-2H3,(H,13,15). The van der Waals surface area contributed by atoms with Gasteiger partial charge in [0.1, 0.15) is 5.82 Å². The summed E-state index contributed by atoms with van der Waals surface area (Å²) in [6, 6.07) is 6.23. The van der Waals surface area contributed by atoms with Crippen LogP contribution >= 0.6 is 0 Å². The molecule has 0 atom stereocenters. The molecule has 7 heteroatoms. The summed E-state index contributed by atoms with van der Waals surface area (Å²) in [7, 11) is 1.67. The zero-order valence-corrected chi connectivity index (χ0v) is 10.5. The van der Waals surface area contributed by atoms with Crippen molar-refractivity contribution in [3.05, 3.63) is 46.3 Å². The first-order chi connectivity index (χ1) is 9.11. The second kappa shape index (κ2) is 5.30. The van der Waals surface area contributed by atoms with Crippen LogP contribution in [-0.2, 0) is 0 Å². The van der Waals surface area contributed by atoms with E-state index in [4.69, 9.17) is 4.74 Å². The van der Waals surface area contributed by atoms with Gasteiger partial charge in [0.25, 0.3) is 0 Å². The van der Waals surface area contributed by atoms with E-state index in [0.717, 1.165) is 0 Å². The largest absolute Gasteiger partial charge is 0.432 e. The molecule has 0 bridgehead atoms. The molecule has 0 aliphatic heterocycles. The van der Waals surface area contributed by atoms with Gasteiger partial charge in [0.05, 0.1) is 10.6 Å². The lowest BCUT2D eigenvalue weighted by Gasteiger charge is -2.08. The van der Waals surface area contributed by atoms with Crippen LogP contribution < -0.4 is 10.1 Å². The molecule has 0 saturated heterocycles. The van der Waals surface area contributed by atoms with Crippen LogP contribution in [0.15, 0.2) is 30.5 Å². The predicted octanol–water partition coefficient (Wildman–Crippen LogP) is 2.53. The third kappa shape index (κ3) is 2.76. The van der Waals surface area contributed by atoms with Crippen molar-refractivity contribution in [1.82, 2.24) is 9.97 Å². The minimum Gasteiger partial charge on any atom is -0.432 e. The Hall–Kier alpha value is -2.70. The van der Waals surface area contributed by atoms with Crippen molar-refractivity contribution in [2.45, 2.75) is 6.92 Å². The zero-order chi connectivity index (χ0) is 13.8. The SMILES string of the molecule is CNc1ccc([N+](=O)[O-])c(Oc2cccnc2C)n1. The smallest absolute Gasteiger partial charge is 0.331 e. The third-order valence-corrected chi connectivity index (χ3v) is 2.46. The molecule has 7 nitrogen and oxygen atoms in total. The first kappa shape index (κ1) is 12.7. The van der Waals surface area contributed by atoms with Crippen molar-refractivity contribution in [2.24, 2.45) is 0 Å². The van der Waals surface area contributed by atoms with Gasteiger partial charge in [-0.1, -0.05) is 0 Å². The van der Waals surface area contributed by atoms with Crippen LogP contribution in [0, 0.1) is 17.0 Å². The van der Waals surface area contributed by atoms with Crippen LogP contribution in [0.1, 0.15) is 5.69 Å². The Morgan fingerprint density at radius 1 is 1.37 bits per heavy atom. The maximum absolute atomic E-state index is 10.9. The second-order valence-electron chi connectivity index (χ2n) is 3.72. The lowest BCUT2D eigenvalue weighted by atomic mass is 10.3. The van der Waals surface area contributed by atoms with Gasteiger partial charge in [0, 0.05) is 19.3 Å². The Kier molecular flexibility index (Phi) is 3.56. The molecular formula is C12H12N4O3. The van der Waals surface area contributed by atoms with E-state index >= 15 is 0 Å². The number of aryl methyl sites for hydroxylation is 1. The van der Waals surface area contributed by atoms with Crippen LogP contribution in [0.25, 0.3) is 0 Å². The second-order valence-corrected chi connectivity index (χ2v) is 3.72. The lowest BCUT2D eigenvalue weighted by molar-refractivity contribution is -0.386. The molecule has 0 spiro atoms. The van der Waals surface area contributed by atoms with E-state index in [9.17, 15) is 10.1 Å². The molecule has 0 aliphatic rings. The number of rotatable bonds is 4. The van der Waals surface area contributed by atoms with E-state index in [1.54, 1.807) is 32.3 Å². The summed E-state index contributed by atoms with van der Waals surface area (Å²) in [5, 5.41) is 13.8. The summed E-state index contributed by atoms with van der Waals surface area (Å²) in [4.78, 5) is 18.5. The number of aromatic nitrogens is 2. The number of anilines is 1. The minimum absolute atomic E-state index is 0.0621. The fourth-order valence-corrected chi connectivity index (χ4v) is 1.47. The number of ether oxygens (including phenoxy) is 1. The first-order valence-corrected chi connectivity index (χ1v) is 5.54. The quantitative estimate of drug-likeness (QED) is 0.671. The van der Waals surface area contributed by atoms with Crippen LogP contribution in [0.3, 0.4) is 0 Å². The van der Waals surface area contributed by atoms with Gasteiger partial charge in [-0.2, -0.15) is 4.98 Å². The summed E-state index contributed by atoms with van der Waals surface area (Å²) in [5.41, 5.74) is 0.440. The molecule has 0 fully saturated rings. The molecule has 19 heavy (non-hydrogen) atoms. The summed E-state index contributed by atoms with van der Waals surface area (Å²) in [6.07, 6.45) is 1.62. The highest BCUT2D eigenvalue weighted by atomic mass is 16.6. The van der Waals surface area contributed by atoms with Crippen LogP contribution in [0.5, 0.6) is 11.6 Å². The lowest BCUT2D eigenvalue weighted by Crippen LogP contribution is -2.00. The van der Waals surface area contributed by atoms with Crippen LogP contribution in [0.4, 0.5) is 11.5 Å². The molecule has 0 radical (unpaired) electrons. The Balaban J connectivity index is 2.43. The van der Waals surface area contributed by atoms with Gasteiger partial charge in [-0.15, -0.1) is 0 Å². The van der Waals surface area contributed by atoms with E-state index in [1.807, 2.05) is 0 Å². The normalized spacial score (nSPS) is 10.0. The fraction of sp³-hybridized carbons (Fsp3) is 0.167. The van der Waals surface area contributed by atoms with Gasteiger partial charge in [-0.05, 0) is 25.1 Å². The summed E-state index contributed by atoms with van der Waals surface area (Å²) in [5.74, 6) is 0.862. The summed E-state index contributed by atoms with van der Waals surface area (Å²) < 4.78 is 5.49. The molecule has 0 saturated carbocycles. The average Bonchev–Trinajstić information content (AvgIpc) is 2.41. The summed E-state index contributed by atoms with van der Waals surface area (Å²) in [6.45, 7) is 1.75. The van der Waals surface area contributed by atoms with Gasteiger partial charge < -0.3 is 10.1 Å². The highest BCUT2D eigenvalue weighted by molar-refractivity contribution is 5.50. The number of hydrogen-bond acceptors (Lipinski definition) is 6. The zero-order valence-electron chi connectivity index (χ0n) is 10.5. The van der Waals surface area contributed by atoms with E-state index < -0.39 is 4.92 Å². The Morgan fingerprint density at radius 3 is 2.79 bits per heavy atom. The van der Waals surface area contributed by atoms with Crippen molar-refractivity contribution in [3.8, 4) is 11.6 Å². The van der Waals surface area contributed by atoms with E-state index in [2.05, 4.69) is 15.3 Å². The maximum Gasteiger partial charge on any atom is 0.331 e. The molecular weight excluding hydrogens is 248 g/mol. The third-order valence-electron chi connectivity index (χ3n) is 2.46. The van der Waals surface area contributed by atoms with Crippen molar-refractivity contribution in [3.63, 3.8) is 0 Å². The number of nitrogens with one attached hydrogen (secondary N) is 1. The van der Waals surface area contributed by atoms with Gasteiger partial charge in [-0.3, -0.25) is 15.1 Å².